The number of fused-ring (bicyclic) bond motifs is 1. The number of nitrogens with zero attached hydrogens (tertiary/aromatic N) is 4. The van der Waals surface area contributed by atoms with Crippen molar-refractivity contribution in [3.8, 4) is 6.07 Å². The van der Waals surface area contributed by atoms with E-state index in [4.69, 9.17) is 12.2 Å². The summed E-state index contributed by atoms with van der Waals surface area (Å²) in [5, 5.41) is 21.1. The average Bonchev–Trinajstić information content (AvgIpc) is 3.27. The molecule has 0 atom stereocenters. The highest BCUT2D eigenvalue weighted by atomic mass is 32.2. The smallest absolute Gasteiger partial charge is 0.268 e. The Morgan fingerprint density at radius 1 is 1.27 bits per heavy atom. The van der Waals surface area contributed by atoms with E-state index in [1.165, 1.54) is 34.6 Å². The number of thiocarbonyl (C=S) groups is 1. The van der Waals surface area contributed by atoms with Crippen molar-refractivity contribution in [3.05, 3.63) is 80.3 Å². The van der Waals surface area contributed by atoms with Crippen molar-refractivity contribution in [1.82, 2.24) is 9.88 Å². The summed E-state index contributed by atoms with van der Waals surface area (Å²) in [7, 11) is 0. The number of benzene rings is 2. The van der Waals surface area contributed by atoms with Gasteiger partial charge in [-0.05, 0) is 23.8 Å². The average molecular weight is 451 g/mol. The molecule has 1 amide bonds. The fourth-order valence-corrected chi connectivity index (χ4v) is 4.85. The standard InChI is InChI=1S/C20H10N4O3S3/c21-10-13(18-22-15-6-1-2-7-16(15)29-18)11-23-19(25)17(30-20(23)28)9-12-4-3-5-14(8-12)24(26)27/h1-9,11H/b13-11-,17-9+. The second-order valence-corrected chi connectivity index (χ2v) is 8.75. The first-order valence-corrected chi connectivity index (χ1v) is 10.5. The van der Waals surface area contributed by atoms with Gasteiger partial charge in [-0.15, -0.1) is 11.3 Å². The number of allylic oxidation sites excluding steroid dienone is 1. The predicted octanol–water partition coefficient (Wildman–Crippen LogP) is 4.97. The minimum Gasteiger partial charge on any atom is -0.268 e. The van der Waals surface area contributed by atoms with Crippen molar-refractivity contribution >= 4 is 73.1 Å². The van der Waals surface area contributed by atoms with Gasteiger partial charge in [0.1, 0.15) is 16.6 Å². The molecular formula is C20H10N4O3S3. The molecule has 0 radical (unpaired) electrons. The van der Waals surface area contributed by atoms with Crippen LogP contribution < -0.4 is 0 Å². The Kier molecular flexibility index (Phi) is 5.41. The minimum atomic E-state index is -0.498. The molecule has 7 nitrogen and oxygen atoms in total. The molecule has 3 aromatic rings. The number of rotatable bonds is 4. The monoisotopic (exact) mass is 450 g/mol. The predicted molar refractivity (Wildman–Crippen MR) is 121 cm³/mol. The zero-order chi connectivity index (χ0) is 21.3. The molecule has 10 heteroatoms. The van der Waals surface area contributed by atoms with Gasteiger partial charge < -0.3 is 0 Å². The lowest BCUT2D eigenvalue weighted by atomic mass is 10.2. The highest BCUT2D eigenvalue weighted by molar-refractivity contribution is 8.26. The van der Waals surface area contributed by atoms with Crippen LogP contribution in [0.15, 0.2) is 59.6 Å². The number of aromatic nitrogens is 1. The van der Waals surface area contributed by atoms with Crippen molar-refractivity contribution in [2.75, 3.05) is 0 Å². The minimum absolute atomic E-state index is 0.0678. The molecule has 0 bridgehead atoms. The molecule has 30 heavy (non-hydrogen) atoms. The third-order valence-corrected chi connectivity index (χ3v) is 6.51. The summed E-state index contributed by atoms with van der Waals surface area (Å²) >= 11 is 7.73. The number of hydrogen-bond donors (Lipinski definition) is 0. The summed E-state index contributed by atoms with van der Waals surface area (Å²) in [6.45, 7) is 0. The van der Waals surface area contributed by atoms with Gasteiger partial charge in [0.05, 0.1) is 20.0 Å². The van der Waals surface area contributed by atoms with Gasteiger partial charge in [-0.3, -0.25) is 19.8 Å². The van der Waals surface area contributed by atoms with Crippen LogP contribution in [0.4, 0.5) is 5.69 Å². The van der Waals surface area contributed by atoms with Gasteiger partial charge in [-0.2, -0.15) is 5.26 Å². The van der Waals surface area contributed by atoms with Crippen molar-refractivity contribution in [2.45, 2.75) is 0 Å². The maximum atomic E-state index is 12.8. The van der Waals surface area contributed by atoms with E-state index in [1.54, 1.807) is 18.2 Å². The van der Waals surface area contributed by atoms with E-state index in [-0.39, 0.29) is 15.6 Å². The Bertz CT molecular complexity index is 1290. The van der Waals surface area contributed by atoms with E-state index in [9.17, 15) is 20.2 Å². The molecule has 1 aliphatic heterocycles. The number of nitriles is 1. The van der Waals surface area contributed by atoms with Crippen LogP contribution in [0.25, 0.3) is 21.9 Å². The van der Waals surface area contributed by atoms with Crippen molar-refractivity contribution < 1.29 is 9.72 Å². The molecule has 0 saturated carbocycles. The SMILES string of the molecule is N#C/C(=C/N1C(=O)/C(=C\c2cccc([N+](=O)[O-])c2)SC1=S)c1nc2ccccc2s1. The zero-order valence-corrected chi connectivity index (χ0v) is 17.5. The van der Waals surface area contributed by atoms with E-state index in [2.05, 4.69) is 11.1 Å². The van der Waals surface area contributed by atoms with Crippen molar-refractivity contribution in [1.29, 1.82) is 5.26 Å². The Labute approximate surface area is 184 Å². The molecule has 2 heterocycles. The first kappa shape index (κ1) is 19.9. The summed E-state index contributed by atoms with van der Waals surface area (Å²) in [4.78, 5) is 29.3. The van der Waals surface area contributed by atoms with E-state index in [0.29, 0.717) is 15.5 Å². The normalized spacial score (nSPS) is 15.8. The van der Waals surface area contributed by atoms with Crippen LogP contribution in [0.1, 0.15) is 10.6 Å². The topological polar surface area (TPSA) is 100 Å². The molecule has 146 valence electrons. The molecule has 1 aliphatic rings. The van der Waals surface area contributed by atoms with Crippen LogP contribution in [0.3, 0.4) is 0 Å². The first-order chi connectivity index (χ1) is 14.5. The fraction of sp³-hybridized carbons (Fsp3) is 0. The number of thioether (sulfide) groups is 1. The summed E-state index contributed by atoms with van der Waals surface area (Å²) < 4.78 is 1.20. The Morgan fingerprint density at radius 2 is 2.07 bits per heavy atom. The lowest BCUT2D eigenvalue weighted by Crippen LogP contribution is -2.22. The number of hydrogen-bond acceptors (Lipinski definition) is 8. The van der Waals surface area contributed by atoms with Crippen LogP contribution in [0.2, 0.25) is 0 Å². The Hall–Kier alpha value is -3.39. The number of thiazole rings is 1. The highest BCUT2D eigenvalue weighted by Gasteiger charge is 2.31. The number of amides is 1. The number of para-hydroxylation sites is 1. The molecule has 0 N–H and O–H groups in total. The second-order valence-electron chi connectivity index (χ2n) is 6.05. The largest absolute Gasteiger partial charge is 0.270 e. The number of nitro groups is 1. The van der Waals surface area contributed by atoms with Gasteiger partial charge in [-0.25, -0.2) is 4.98 Å². The Morgan fingerprint density at radius 3 is 2.80 bits per heavy atom. The summed E-state index contributed by atoms with van der Waals surface area (Å²) in [5.41, 5.74) is 1.45. The quantitative estimate of drug-likeness (QED) is 0.182. The third kappa shape index (κ3) is 3.86. The summed E-state index contributed by atoms with van der Waals surface area (Å²) in [5.74, 6) is -0.398. The number of carbonyl (C=O) groups excluding carboxylic acids is 1. The van der Waals surface area contributed by atoms with Crippen molar-refractivity contribution in [3.63, 3.8) is 0 Å². The maximum Gasteiger partial charge on any atom is 0.270 e. The third-order valence-electron chi connectivity index (χ3n) is 4.11. The zero-order valence-electron chi connectivity index (χ0n) is 15.0. The first-order valence-electron chi connectivity index (χ1n) is 8.45. The Balaban J connectivity index is 1.65. The molecule has 2 aromatic carbocycles. The lowest BCUT2D eigenvalue weighted by Gasteiger charge is -2.08. The van der Waals surface area contributed by atoms with Crippen LogP contribution in [-0.4, -0.2) is 25.0 Å². The molecule has 0 aliphatic carbocycles. The molecule has 1 aromatic heterocycles. The lowest BCUT2D eigenvalue weighted by molar-refractivity contribution is -0.384. The van der Waals surface area contributed by atoms with Crippen LogP contribution >= 0.6 is 35.3 Å². The molecule has 0 unspecified atom stereocenters. The van der Waals surface area contributed by atoms with Crippen molar-refractivity contribution in [2.24, 2.45) is 0 Å². The number of nitro benzene ring substituents is 1. The van der Waals surface area contributed by atoms with E-state index >= 15 is 0 Å². The van der Waals surface area contributed by atoms with E-state index < -0.39 is 10.8 Å². The fourth-order valence-electron chi connectivity index (χ4n) is 2.72. The summed E-state index contributed by atoms with van der Waals surface area (Å²) in [6, 6.07) is 15.6. The highest BCUT2D eigenvalue weighted by Crippen LogP contribution is 2.35. The van der Waals surface area contributed by atoms with Crippen LogP contribution in [0, 0.1) is 21.4 Å². The molecule has 4 rings (SSSR count). The summed E-state index contributed by atoms with van der Waals surface area (Å²) in [6.07, 6.45) is 2.94. The van der Waals surface area contributed by atoms with Crippen LogP contribution in [-0.2, 0) is 4.79 Å². The van der Waals surface area contributed by atoms with Gasteiger partial charge in [-0.1, -0.05) is 48.2 Å². The van der Waals surface area contributed by atoms with Crippen LogP contribution in [0.5, 0.6) is 0 Å². The van der Waals surface area contributed by atoms with E-state index in [1.807, 2.05) is 24.3 Å². The van der Waals surface area contributed by atoms with Gasteiger partial charge in [0, 0.05) is 18.3 Å². The maximum absolute atomic E-state index is 12.8. The van der Waals surface area contributed by atoms with Gasteiger partial charge in [0.25, 0.3) is 11.6 Å². The van der Waals surface area contributed by atoms with E-state index in [0.717, 1.165) is 22.0 Å². The molecule has 1 fully saturated rings. The number of non-ortho nitro benzene ring substituents is 1. The van der Waals surface area contributed by atoms with Gasteiger partial charge >= 0.3 is 0 Å². The second kappa shape index (κ2) is 8.16. The molecule has 1 saturated heterocycles. The molecule has 0 spiro atoms. The van der Waals surface area contributed by atoms with Gasteiger partial charge in [0.15, 0.2) is 4.32 Å². The molecular weight excluding hydrogens is 440 g/mol. The number of carbonyl (C=O) groups is 1. The van der Waals surface area contributed by atoms with Gasteiger partial charge in [0.2, 0.25) is 0 Å².